The topological polar surface area (TPSA) is 50.4 Å². The van der Waals surface area contributed by atoms with E-state index in [1.54, 1.807) is 7.11 Å². The van der Waals surface area contributed by atoms with E-state index in [1.165, 1.54) is 12.1 Å². The van der Waals surface area contributed by atoms with Gasteiger partial charge in [-0.05, 0) is 24.0 Å². The monoisotopic (exact) mass is 334 g/mol. The van der Waals surface area contributed by atoms with Gasteiger partial charge in [-0.15, -0.1) is 12.4 Å². The molecule has 1 aromatic rings. The summed E-state index contributed by atoms with van der Waals surface area (Å²) in [6.45, 7) is 2.55. The third kappa shape index (κ3) is 5.19. The Bertz CT molecular complexity index is 502. The average Bonchev–Trinajstić information content (AvgIpc) is 3.22. The van der Waals surface area contributed by atoms with Gasteiger partial charge >= 0.3 is 0 Å². The summed E-state index contributed by atoms with van der Waals surface area (Å²) in [4.78, 5) is 11.9. The lowest BCUT2D eigenvalue weighted by molar-refractivity contribution is -0.122. The highest BCUT2D eigenvalue weighted by Gasteiger charge is 2.45. The summed E-state index contributed by atoms with van der Waals surface area (Å²) >= 11 is 0. The summed E-state index contributed by atoms with van der Waals surface area (Å²) in [5.74, 6) is -1.58. The van der Waals surface area contributed by atoms with Crippen molar-refractivity contribution in [2.24, 2.45) is 5.92 Å². The molecule has 124 valence electrons. The number of ether oxygens (including phenoxy) is 1. The molecule has 1 aliphatic rings. The quantitative estimate of drug-likeness (QED) is 0.713. The van der Waals surface area contributed by atoms with Crippen molar-refractivity contribution in [3.05, 3.63) is 35.4 Å². The van der Waals surface area contributed by atoms with Gasteiger partial charge in [-0.2, -0.15) is 0 Å². The van der Waals surface area contributed by atoms with E-state index in [9.17, 15) is 13.6 Å². The normalized spacial score (nSPS) is 19.4. The summed E-state index contributed by atoms with van der Waals surface area (Å²) in [6, 6.07) is 3.52. The Hall–Kier alpha value is -1.24. The van der Waals surface area contributed by atoms with Crippen molar-refractivity contribution in [1.29, 1.82) is 0 Å². The smallest absolute Gasteiger partial charge is 0.223 e. The molecule has 22 heavy (non-hydrogen) atoms. The zero-order valence-electron chi connectivity index (χ0n) is 12.4. The Kier molecular flexibility index (Phi) is 7.72. The van der Waals surface area contributed by atoms with E-state index in [0.717, 1.165) is 12.6 Å². The molecule has 1 amide bonds. The zero-order valence-corrected chi connectivity index (χ0v) is 13.2. The molecule has 2 rings (SSSR count). The van der Waals surface area contributed by atoms with Crippen LogP contribution in [0.2, 0.25) is 0 Å². The van der Waals surface area contributed by atoms with E-state index in [4.69, 9.17) is 4.74 Å². The van der Waals surface area contributed by atoms with E-state index >= 15 is 0 Å². The maximum atomic E-state index is 13.6. The zero-order chi connectivity index (χ0) is 15.2. The Balaban J connectivity index is 0.00000242. The minimum Gasteiger partial charge on any atom is -0.383 e. The van der Waals surface area contributed by atoms with Crippen molar-refractivity contribution >= 4 is 18.3 Å². The molecule has 0 spiro atoms. The van der Waals surface area contributed by atoms with Gasteiger partial charge in [0, 0.05) is 38.7 Å². The molecule has 0 aromatic heterocycles. The number of amides is 1. The van der Waals surface area contributed by atoms with Crippen LogP contribution in [0.1, 0.15) is 17.9 Å². The molecule has 0 radical (unpaired) electrons. The van der Waals surface area contributed by atoms with Crippen LogP contribution in [0, 0.1) is 17.6 Å². The molecule has 2 N–H and O–H groups in total. The molecule has 0 heterocycles. The van der Waals surface area contributed by atoms with E-state index in [-0.39, 0.29) is 30.2 Å². The van der Waals surface area contributed by atoms with Gasteiger partial charge in [0.25, 0.3) is 0 Å². The molecule has 1 fully saturated rings. The van der Waals surface area contributed by atoms with E-state index in [1.807, 2.05) is 0 Å². The van der Waals surface area contributed by atoms with Crippen molar-refractivity contribution in [2.75, 3.05) is 33.4 Å². The second-order valence-corrected chi connectivity index (χ2v) is 5.15. The third-order valence-electron chi connectivity index (χ3n) is 3.57. The van der Waals surface area contributed by atoms with Gasteiger partial charge in [-0.1, -0.05) is 6.07 Å². The molecule has 4 nitrogen and oxygen atoms in total. The lowest BCUT2D eigenvalue weighted by atomic mass is 10.1. The SMILES string of the molecule is COCCNCCNC(=O)C1CC1c1ccc(F)cc1F.Cl. The number of hydrogen-bond donors (Lipinski definition) is 2. The minimum absolute atomic E-state index is 0. The minimum atomic E-state index is -0.597. The molecule has 0 saturated heterocycles. The molecule has 2 unspecified atom stereocenters. The highest BCUT2D eigenvalue weighted by molar-refractivity contribution is 5.85. The second kappa shape index (κ2) is 9.02. The van der Waals surface area contributed by atoms with Crippen LogP contribution in [-0.2, 0) is 9.53 Å². The van der Waals surface area contributed by atoms with Gasteiger partial charge in [0.2, 0.25) is 5.91 Å². The van der Waals surface area contributed by atoms with Gasteiger partial charge in [0.05, 0.1) is 6.61 Å². The first-order valence-electron chi connectivity index (χ1n) is 7.05. The van der Waals surface area contributed by atoms with Crippen molar-refractivity contribution in [2.45, 2.75) is 12.3 Å². The summed E-state index contributed by atoms with van der Waals surface area (Å²) in [6.07, 6.45) is 0.617. The van der Waals surface area contributed by atoms with Crippen LogP contribution in [0.3, 0.4) is 0 Å². The number of carbonyl (C=O) groups is 1. The highest BCUT2D eigenvalue weighted by atomic mass is 35.5. The Morgan fingerprint density at radius 3 is 2.77 bits per heavy atom. The molecule has 0 aliphatic heterocycles. The number of benzene rings is 1. The first-order valence-corrected chi connectivity index (χ1v) is 7.05. The fourth-order valence-corrected chi connectivity index (χ4v) is 2.34. The van der Waals surface area contributed by atoms with Crippen LogP contribution < -0.4 is 10.6 Å². The maximum Gasteiger partial charge on any atom is 0.223 e. The van der Waals surface area contributed by atoms with E-state index in [2.05, 4.69) is 10.6 Å². The first kappa shape index (κ1) is 18.8. The highest BCUT2D eigenvalue weighted by Crippen LogP contribution is 2.48. The van der Waals surface area contributed by atoms with Crippen molar-refractivity contribution in [1.82, 2.24) is 10.6 Å². The number of methoxy groups -OCH3 is 1. The first-order chi connectivity index (χ1) is 10.1. The molecule has 1 aromatic carbocycles. The van der Waals surface area contributed by atoms with Crippen LogP contribution in [-0.4, -0.2) is 39.3 Å². The maximum absolute atomic E-state index is 13.6. The molecular formula is C15H21ClF2N2O2. The van der Waals surface area contributed by atoms with Gasteiger partial charge < -0.3 is 15.4 Å². The van der Waals surface area contributed by atoms with Crippen LogP contribution in [0.4, 0.5) is 8.78 Å². The summed E-state index contributed by atoms with van der Waals surface area (Å²) in [5, 5.41) is 5.93. The van der Waals surface area contributed by atoms with Gasteiger partial charge in [0.15, 0.2) is 0 Å². The number of carbonyl (C=O) groups excluding carboxylic acids is 1. The molecule has 0 bridgehead atoms. The second-order valence-electron chi connectivity index (χ2n) is 5.15. The van der Waals surface area contributed by atoms with Gasteiger partial charge in [-0.25, -0.2) is 8.78 Å². The molecule has 1 saturated carbocycles. The Morgan fingerprint density at radius 1 is 1.32 bits per heavy atom. The predicted octanol–water partition coefficient (Wildman–Crippen LogP) is 1.84. The Labute approximate surface area is 135 Å². The summed E-state index contributed by atoms with van der Waals surface area (Å²) < 4.78 is 31.3. The lowest BCUT2D eigenvalue weighted by Gasteiger charge is -2.07. The molecule has 7 heteroatoms. The number of hydrogen-bond acceptors (Lipinski definition) is 3. The van der Waals surface area contributed by atoms with Crippen LogP contribution in [0.15, 0.2) is 18.2 Å². The predicted molar refractivity (Wildman–Crippen MR) is 82.2 cm³/mol. The van der Waals surface area contributed by atoms with Crippen molar-refractivity contribution < 1.29 is 18.3 Å². The molecular weight excluding hydrogens is 314 g/mol. The van der Waals surface area contributed by atoms with Crippen molar-refractivity contribution in [3.63, 3.8) is 0 Å². The van der Waals surface area contributed by atoms with Crippen LogP contribution in [0.25, 0.3) is 0 Å². The summed E-state index contributed by atoms with van der Waals surface area (Å²) in [5.41, 5.74) is 0.426. The molecule has 1 aliphatic carbocycles. The Morgan fingerprint density at radius 2 is 2.09 bits per heavy atom. The fourth-order valence-electron chi connectivity index (χ4n) is 2.34. The standard InChI is InChI=1S/C15H20F2N2O2.ClH/c1-21-7-6-18-4-5-19-15(20)13-9-12(13)11-3-2-10(16)8-14(11)17;/h2-3,8,12-13,18H,4-7,9H2,1H3,(H,19,20);1H. The van der Waals surface area contributed by atoms with Crippen LogP contribution >= 0.6 is 12.4 Å². The largest absolute Gasteiger partial charge is 0.383 e. The fraction of sp³-hybridized carbons (Fsp3) is 0.533. The summed E-state index contributed by atoms with van der Waals surface area (Å²) in [7, 11) is 1.63. The van der Waals surface area contributed by atoms with Gasteiger partial charge in [0.1, 0.15) is 11.6 Å². The average molecular weight is 335 g/mol. The number of nitrogens with one attached hydrogen (secondary N) is 2. The van der Waals surface area contributed by atoms with E-state index < -0.39 is 11.6 Å². The van der Waals surface area contributed by atoms with Crippen molar-refractivity contribution in [3.8, 4) is 0 Å². The number of rotatable bonds is 8. The van der Waals surface area contributed by atoms with E-state index in [0.29, 0.717) is 31.7 Å². The van der Waals surface area contributed by atoms with Gasteiger partial charge in [-0.3, -0.25) is 4.79 Å². The van der Waals surface area contributed by atoms with Crippen LogP contribution in [0.5, 0.6) is 0 Å². The number of halogens is 3. The lowest BCUT2D eigenvalue weighted by Crippen LogP contribution is -2.34. The molecule has 2 atom stereocenters. The third-order valence-corrected chi connectivity index (χ3v) is 3.57.